The molecule has 2 rings (SSSR count). The monoisotopic (exact) mass is 278 g/mol. The molecule has 2 nitrogen and oxygen atoms in total. The van der Waals surface area contributed by atoms with Crippen molar-refractivity contribution in [1.82, 2.24) is 0 Å². The first-order chi connectivity index (χ1) is 9.47. The van der Waals surface area contributed by atoms with Crippen LogP contribution in [0.2, 0.25) is 0 Å². The van der Waals surface area contributed by atoms with E-state index in [1.165, 1.54) is 25.3 Å². The van der Waals surface area contributed by atoms with Gasteiger partial charge in [-0.1, -0.05) is 32.8 Å². The highest BCUT2D eigenvalue weighted by Gasteiger charge is 2.49. The number of benzene rings is 1. The highest BCUT2D eigenvalue weighted by Crippen LogP contribution is 2.48. The normalized spacial score (nSPS) is 25.4. The third kappa shape index (κ3) is 2.44. The van der Waals surface area contributed by atoms with Gasteiger partial charge in [0.05, 0.1) is 5.54 Å². The van der Waals surface area contributed by atoms with E-state index in [9.17, 15) is 4.39 Å². The molecule has 1 unspecified atom stereocenters. The number of halogens is 1. The van der Waals surface area contributed by atoms with E-state index >= 15 is 0 Å². The number of likely N-dealkylation sites (N-methyl/N-ethyl adjacent to an activating group) is 1. The summed E-state index contributed by atoms with van der Waals surface area (Å²) in [7, 11) is 0. The largest absolute Gasteiger partial charge is 0.364 e. The fourth-order valence-corrected chi connectivity index (χ4v) is 3.92. The van der Waals surface area contributed by atoms with Crippen LogP contribution in [0.3, 0.4) is 0 Å². The summed E-state index contributed by atoms with van der Waals surface area (Å²) in [6.45, 7) is 8.21. The van der Waals surface area contributed by atoms with Crippen LogP contribution in [0, 0.1) is 11.2 Å². The van der Waals surface area contributed by atoms with Crippen LogP contribution in [0.25, 0.3) is 0 Å². The van der Waals surface area contributed by atoms with Gasteiger partial charge in [0.1, 0.15) is 5.82 Å². The highest BCUT2D eigenvalue weighted by molar-refractivity contribution is 5.50. The highest BCUT2D eigenvalue weighted by atomic mass is 19.1. The maximum absolute atomic E-state index is 13.6. The summed E-state index contributed by atoms with van der Waals surface area (Å²) in [6.07, 6.45) is 4.72. The zero-order chi connectivity index (χ0) is 14.8. The molecular weight excluding hydrogens is 251 g/mol. The van der Waals surface area contributed by atoms with Crippen LogP contribution >= 0.6 is 0 Å². The van der Waals surface area contributed by atoms with Gasteiger partial charge in [-0.15, -0.1) is 0 Å². The van der Waals surface area contributed by atoms with Crippen molar-refractivity contribution in [2.75, 3.05) is 18.0 Å². The molecule has 0 bridgehead atoms. The van der Waals surface area contributed by atoms with E-state index < -0.39 is 0 Å². The zero-order valence-electron chi connectivity index (χ0n) is 13.0. The molecule has 0 spiro atoms. The standard InChI is InChI=1S/C17H27FN2/c1-4-20(15-9-7-8-14(18)12-15)17(13-19)11-6-5-10-16(17,2)3/h7-9,12H,4-6,10-11,13,19H2,1-3H3. The van der Waals surface area contributed by atoms with Gasteiger partial charge in [0.25, 0.3) is 0 Å². The molecule has 0 amide bonds. The Labute approximate surface area is 122 Å². The molecule has 3 heteroatoms. The Morgan fingerprint density at radius 1 is 1.25 bits per heavy atom. The van der Waals surface area contributed by atoms with Crippen molar-refractivity contribution in [3.63, 3.8) is 0 Å². The van der Waals surface area contributed by atoms with Crippen LogP contribution in [0.5, 0.6) is 0 Å². The van der Waals surface area contributed by atoms with Crippen LogP contribution < -0.4 is 10.6 Å². The van der Waals surface area contributed by atoms with Gasteiger partial charge in [-0.2, -0.15) is 0 Å². The van der Waals surface area contributed by atoms with Crippen molar-refractivity contribution in [1.29, 1.82) is 0 Å². The molecule has 20 heavy (non-hydrogen) atoms. The van der Waals surface area contributed by atoms with Crippen molar-refractivity contribution < 1.29 is 4.39 Å². The predicted octanol–water partition coefficient (Wildman–Crippen LogP) is 3.95. The molecule has 0 aliphatic heterocycles. The lowest BCUT2D eigenvalue weighted by atomic mass is 9.62. The lowest BCUT2D eigenvalue weighted by Gasteiger charge is -2.56. The molecule has 1 aliphatic rings. The minimum atomic E-state index is -0.179. The average molecular weight is 278 g/mol. The van der Waals surface area contributed by atoms with E-state index in [4.69, 9.17) is 5.73 Å². The van der Waals surface area contributed by atoms with Gasteiger partial charge in [0, 0.05) is 18.8 Å². The van der Waals surface area contributed by atoms with Crippen LogP contribution in [-0.2, 0) is 0 Å². The third-order valence-corrected chi connectivity index (χ3v) is 5.19. The Balaban J connectivity index is 2.46. The van der Waals surface area contributed by atoms with Crippen LogP contribution in [0.4, 0.5) is 10.1 Å². The SMILES string of the molecule is CCN(c1cccc(F)c1)C1(CN)CCCCC1(C)C. The molecule has 1 atom stereocenters. The van der Waals surface area contributed by atoms with Crippen molar-refractivity contribution in [2.24, 2.45) is 11.1 Å². The third-order valence-electron chi connectivity index (χ3n) is 5.19. The summed E-state index contributed by atoms with van der Waals surface area (Å²) >= 11 is 0. The Morgan fingerprint density at radius 2 is 1.95 bits per heavy atom. The second-order valence-corrected chi connectivity index (χ2v) is 6.55. The molecule has 1 aromatic rings. The summed E-state index contributed by atoms with van der Waals surface area (Å²) in [5.41, 5.74) is 7.25. The first-order valence-electron chi connectivity index (χ1n) is 7.70. The summed E-state index contributed by atoms with van der Waals surface area (Å²) in [5.74, 6) is -0.179. The number of hydrogen-bond donors (Lipinski definition) is 1. The molecule has 0 aromatic heterocycles. The first kappa shape index (κ1) is 15.3. The van der Waals surface area contributed by atoms with Crippen molar-refractivity contribution in [2.45, 2.75) is 52.0 Å². The Morgan fingerprint density at radius 3 is 2.50 bits per heavy atom. The number of nitrogens with two attached hydrogens (primary N) is 1. The first-order valence-corrected chi connectivity index (χ1v) is 7.70. The van der Waals surface area contributed by atoms with Gasteiger partial charge in [-0.05, 0) is 43.4 Å². The topological polar surface area (TPSA) is 29.3 Å². The summed E-state index contributed by atoms with van der Waals surface area (Å²) in [6, 6.07) is 6.91. The molecule has 2 N–H and O–H groups in total. The van der Waals surface area contributed by atoms with Crippen molar-refractivity contribution in [3.05, 3.63) is 30.1 Å². The quantitative estimate of drug-likeness (QED) is 0.903. The van der Waals surface area contributed by atoms with Gasteiger partial charge in [-0.3, -0.25) is 0 Å². The number of hydrogen-bond acceptors (Lipinski definition) is 2. The Hall–Kier alpha value is -1.09. The van der Waals surface area contributed by atoms with Gasteiger partial charge in [-0.25, -0.2) is 4.39 Å². The lowest BCUT2D eigenvalue weighted by molar-refractivity contribution is 0.0969. The Bertz CT molecular complexity index is 458. The zero-order valence-corrected chi connectivity index (χ0v) is 13.0. The van der Waals surface area contributed by atoms with E-state index in [-0.39, 0.29) is 16.8 Å². The van der Waals surface area contributed by atoms with Crippen LogP contribution in [-0.4, -0.2) is 18.6 Å². The maximum Gasteiger partial charge on any atom is 0.125 e. The lowest BCUT2D eigenvalue weighted by Crippen LogP contribution is -2.64. The minimum absolute atomic E-state index is 0.0756. The Kier molecular flexibility index (Phi) is 4.38. The summed E-state index contributed by atoms with van der Waals surface area (Å²) in [4.78, 5) is 2.33. The average Bonchev–Trinajstić information content (AvgIpc) is 2.41. The van der Waals surface area contributed by atoms with Gasteiger partial charge in [0.2, 0.25) is 0 Å². The fraction of sp³-hybridized carbons (Fsp3) is 0.647. The fourth-order valence-electron chi connectivity index (χ4n) is 3.92. The van der Waals surface area contributed by atoms with E-state index in [0.717, 1.165) is 18.7 Å². The summed E-state index contributed by atoms with van der Waals surface area (Å²) in [5, 5.41) is 0. The van der Waals surface area contributed by atoms with E-state index in [0.29, 0.717) is 6.54 Å². The van der Waals surface area contributed by atoms with Gasteiger partial charge < -0.3 is 10.6 Å². The molecule has 0 saturated heterocycles. The van der Waals surface area contributed by atoms with Crippen LogP contribution in [0.15, 0.2) is 24.3 Å². The maximum atomic E-state index is 13.6. The van der Waals surface area contributed by atoms with E-state index in [1.54, 1.807) is 12.1 Å². The van der Waals surface area contributed by atoms with Crippen LogP contribution in [0.1, 0.15) is 46.5 Å². The molecule has 1 saturated carbocycles. The van der Waals surface area contributed by atoms with Crippen molar-refractivity contribution >= 4 is 5.69 Å². The second-order valence-electron chi connectivity index (χ2n) is 6.55. The van der Waals surface area contributed by atoms with E-state index in [1.807, 2.05) is 6.07 Å². The van der Waals surface area contributed by atoms with Gasteiger partial charge in [0.15, 0.2) is 0 Å². The smallest absolute Gasteiger partial charge is 0.125 e. The number of anilines is 1. The molecule has 112 valence electrons. The van der Waals surface area contributed by atoms with Crippen molar-refractivity contribution in [3.8, 4) is 0 Å². The van der Waals surface area contributed by atoms with E-state index in [2.05, 4.69) is 25.7 Å². The van der Waals surface area contributed by atoms with Gasteiger partial charge >= 0.3 is 0 Å². The molecule has 1 aromatic carbocycles. The second kappa shape index (κ2) is 5.72. The molecule has 1 aliphatic carbocycles. The summed E-state index contributed by atoms with van der Waals surface area (Å²) < 4.78 is 13.6. The predicted molar refractivity (Wildman–Crippen MR) is 83.5 cm³/mol. The molecule has 0 radical (unpaired) electrons. The minimum Gasteiger partial charge on any atom is -0.364 e. The molecule has 1 fully saturated rings. The number of rotatable bonds is 4. The number of nitrogens with zero attached hydrogens (tertiary/aromatic N) is 1. The molecule has 0 heterocycles. The molecular formula is C17H27FN2.